The highest BCUT2D eigenvalue weighted by Gasteiger charge is 2.29. The van der Waals surface area contributed by atoms with Gasteiger partial charge in [0.05, 0.1) is 17.0 Å². The topological polar surface area (TPSA) is 80.3 Å². The van der Waals surface area contributed by atoms with Crippen LogP contribution in [0.2, 0.25) is 0 Å². The molecule has 0 amide bonds. The van der Waals surface area contributed by atoms with E-state index in [9.17, 15) is 4.79 Å². The van der Waals surface area contributed by atoms with Gasteiger partial charge >= 0.3 is 0 Å². The van der Waals surface area contributed by atoms with Crippen molar-refractivity contribution < 1.29 is 9.47 Å². The number of pyridine rings is 1. The zero-order valence-electron chi connectivity index (χ0n) is 16.6. The monoisotopic (exact) mass is 402 g/mol. The van der Waals surface area contributed by atoms with E-state index >= 15 is 0 Å². The van der Waals surface area contributed by atoms with Crippen molar-refractivity contribution in [2.75, 3.05) is 13.3 Å². The summed E-state index contributed by atoms with van der Waals surface area (Å²) in [4.78, 5) is 27.2. The van der Waals surface area contributed by atoms with Gasteiger partial charge in [0.15, 0.2) is 11.5 Å². The van der Waals surface area contributed by atoms with Gasteiger partial charge in [0.25, 0.3) is 5.56 Å². The first-order chi connectivity index (χ1) is 14.7. The van der Waals surface area contributed by atoms with Crippen LogP contribution in [-0.4, -0.2) is 33.2 Å². The van der Waals surface area contributed by atoms with E-state index in [4.69, 9.17) is 14.5 Å². The van der Waals surface area contributed by atoms with Crippen LogP contribution in [0.25, 0.3) is 11.3 Å². The Morgan fingerprint density at radius 3 is 2.87 bits per heavy atom. The molecule has 0 unspecified atom stereocenters. The molecule has 0 atom stereocenters. The number of aromatic amines is 1. The molecule has 7 nitrogen and oxygen atoms in total. The highest BCUT2D eigenvalue weighted by atomic mass is 16.7. The summed E-state index contributed by atoms with van der Waals surface area (Å²) in [6.45, 7) is 2.56. The van der Waals surface area contributed by atoms with Gasteiger partial charge < -0.3 is 14.5 Å². The zero-order chi connectivity index (χ0) is 20.1. The summed E-state index contributed by atoms with van der Waals surface area (Å²) in [5, 5.41) is 0. The average molecular weight is 402 g/mol. The standard InChI is InChI=1S/C23H22N4O3/c28-23-17-12-27(8-7-19(17)25-22(26-23)15-2-3-15)11-14-1-5-18(24-10-14)16-4-6-20-21(9-16)30-13-29-20/h1,4-6,9-10,15H,2-3,7-8,11-13H2,(H,25,26,28). The number of nitrogens with zero attached hydrogens (tertiary/aromatic N) is 3. The molecule has 152 valence electrons. The largest absolute Gasteiger partial charge is 0.454 e. The third-order valence-corrected chi connectivity index (χ3v) is 6.03. The first kappa shape index (κ1) is 17.7. The summed E-state index contributed by atoms with van der Waals surface area (Å²) >= 11 is 0. The van der Waals surface area contributed by atoms with Crippen LogP contribution in [0.15, 0.2) is 41.3 Å². The normalized spacial score (nSPS) is 17.7. The van der Waals surface area contributed by atoms with E-state index in [0.29, 0.717) is 12.5 Å². The maximum absolute atomic E-state index is 12.5. The number of hydrogen-bond donors (Lipinski definition) is 1. The Hall–Kier alpha value is -3.19. The van der Waals surface area contributed by atoms with Gasteiger partial charge in [0.2, 0.25) is 6.79 Å². The highest BCUT2D eigenvalue weighted by Crippen LogP contribution is 2.38. The molecule has 3 aliphatic rings. The minimum atomic E-state index is 0.0304. The molecule has 1 N–H and O–H groups in total. The Kier molecular flexibility index (Phi) is 4.09. The van der Waals surface area contributed by atoms with E-state index in [1.54, 1.807) is 0 Å². The molecule has 2 aliphatic heterocycles. The lowest BCUT2D eigenvalue weighted by molar-refractivity contribution is 0.174. The van der Waals surface area contributed by atoms with Crippen molar-refractivity contribution in [2.45, 2.75) is 38.3 Å². The number of aromatic nitrogens is 3. The Balaban J connectivity index is 1.17. The first-order valence-corrected chi connectivity index (χ1v) is 10.4. The second-order valence-electron chi connectivity index (χ2n) is 8.23. The molecule has 2 aromatic heterocycles. The summed E-state index contributed by atoms with van der Waals surface area (Å²) in [6, 6.07) is 9.99. The number of ether oxygens (including phenoxy) is 2. The van der Waals surface area contributed by atoms with Gasteiger partial charge in [-0.2, -0.15) is 0 Å². The predicted molar refractivity (Wildman–Crippen MR) is 110 cm³/mol. The van der Waals surface area contributed by atoms with Crippen LogP contribution in [-0.2, 0) is 19.5 Å². The predicted octanol–water partition coefficient (Wildman–Crippen LogP) is 3.00. The van der Waals surface area contributed by atoms with Crippen molar-refractivity contribution in [2.24, 2.45) is 0 Å². The number of fused-ring (bicyclic) bond motifs is 2. The summed E-state index contributed by atoms with van der Waals surface area (Å²) in [6.07, 6.45) is 5.02. The number of H-pyrrole nitrogens is 1. The number of benzene rings is 1. The van der Waals surface area contributed by atoms with Crippen LogP contribution in [0.4, 0.5) is 0 Å². The van der Waals surface area contributed by atoms with Crippen LogP contribution in [0, 0.1) is 0 Å². The van der Waals surface area contributed by atoms with Gasteiger partial charge in [-0.05, 0) is 42.7 Å². The number of nitrogens with one attached hydrogen (secondary N) is 1. The lowest BCUT2D eigenvalue weighted by Crippen LogP contribution is -2.35. The van der Waals surface area contributed by atoms with Crippen molar-refractivity contribution in [3.05, 3.63) is 69.5 Å². The van der Waals surface area contributed by atoms with E-state index in [1.807, 2.05) is 30.5 Å². The summed E-state index contributed by atoms with van der Waals surface area (Å²) in [5.41, 5.74) is 4.85. The molecular weight excluding hydrogens is 380 g/mol. The summed E-state index contributed by atoms with van der Waals surface area (Å²) < 4.78 is 10.8. The maximum Gasteiger partial charge on any atom is 0.255 e. The zero-order valence-corrected chi connectivity index (χ0v) is 16.6. The molecule has 4 heterocycles. The van der Waals surface area contributed by atoms with Crippen LogP contribution in [0.1, 0.15) is 41.4 Å². The smallest absolute Gasteiger partial charge is 0.255 e. The fourth-order valence-corrected chi connectivity index (χ4v) is 4.19. The highest BCUT2D eigenvalue weighted by molar-refractivity contribution is 5.64. The number of hydrogen-bond acceptors (Lipinski definition) is 6. The summed E-state index contributed by atoms with van der Waals surface area (Å²) in [5.74, 6) is 2.88. The minimum absolute atomic E-state index is 0.0304. The van der Waals surface area contributed by atoms with Crippen LogP contribution < -0.4 is 15.0 Å². The molecule has 1 aliphatic carbocycles. The SMILES string of the molecule is O=c1[nH]c(C2CC2)nc2c1CN(Cc1ccc(-c3ccc4c(c3)OCO4)nc1)CC2. The molecule has 6 rings (SSSR count). The molecule has 7 heteroatoms. The van der Waals surface area contributed by atoms with Crippen molar-refractivity contribution in [3.63, 3.8) is 0 Å². The fraction of sp³-hybridized carbons (Fsp3) is 0.348. The quantitative estimate of drug-likeness (QED) is 0.723. The molecule has 0 radical (unpaired) electrons. The molecule has 0 bridgehead atoms. The van der Waals surface area contributed by atoms with Gasteiger partial charge in [0, 0.05) is 43.7 Å². The van der Waals surface area contributed by atoms with E-state index < -0.39 is 0 Å². The second-order valence-corrected chi connectivity index (χ2v) is 8.23. The van der Waals surface area contributed by atoms with Crippen molar-refractivity contribution >= 4 is 0 Å². The molecule has 1 saturated carbocycles. The van der Waals surface area contributed by atoms with Gasteiger partial charge in [-0.15, -0.1) is 0 Å². The first-order valence-electron chi connectivity index (χ1n) is 10.4. The maximum atomic E-state index is 12.5. The molecule has 0 spiro atoms. The lowest BCUT2D eigenvalue weighted by atomic mass is 10.1. The van der Waals surface area contributed by atoms with E-state index in [0.717, 1.165) is 77.8 Å². The molecule has 1 fully saturated rings. The molecule has 3 aromatic rings. The molecule has 30 heavy (non-hydrogen) atoms. The fourth-order valence-electron chi connectivity index (χ4n) is 4.19. The Morgan fingerprint density at radius 1 is 1.13 bits per heavy atom. The van der Waals surface area contributed by atoms with Crippen LogP contribution in [0.3, 0.4) is 0 Å². The second kappa shape index (κ2) is 6.95. The average Bonchev–Trinajstić information content (AvgIpc) is 3.52. The van der Waals surface area contributed by atoms with E-state index in [-0.39, 0.29) is 12.4 Å². The Bertz CT molecular complexity index is 1170. The van der Waals surface area contributed by atoms with Crippen molar-refractivity contribution in [1.29, 1.82) is 0 Å². The van der Waals surface area contributed by atoms with Crippen LogP contribution >= 0.6 is 0 Å². The lowest BCUT2D eigenvalue weighted by Gasteiger charge is -2.27. The molecular formula is C23H22N4O3. The van der Waals surface area contributed by atoms with E-state index in [2.05, 4.69) is 20.9 Å². The Labute approximate surface area is 173 Å². The van der Waals surface area contributed by atoms with Gasteiger partial charge in [-0.3, -0.25) is 14.7 Å². The van der Waals surface area contributed by atoms with E-state index in [1.165, 1.54) is 0 Å². The van der Waals surface area contributed by atoms with Gasteiger partial charge in [-0.1, -0.05) is 6.07 Å². The van der Waals surface area contributed by atoms with Crippen molar-refractivity contribution in [1.82, 2.24) is 19.9 Å². The van der Waals surface area contributed by atoms with Crippen LogP contribution in [0.5, 0.6) is 11.5 Å². The number of rotatable bonds is 4. The van der Waals surface area contributed by atoms with Gasteiger partial charge in [0.1, 0.15) is 5.82 Å². The molecule has 0 saturated heterocycles. The minimum Gasteiger partial charge on any atom is -0.454 e. The third-order valence-electron chi connectivity index (χ3n) is 6.03. The van der Waals surface area contributed by atoms with Gasteiger partial charge in [-0.25, -0.2) is 4.98 Å². The van der Waals surface area contributed by atoms with Crippen molar-refractivity contribution in [3.8, 4) is 22.8 Å². The molecule has 1 aromatic carbocycles. The Morgan fingerprint density at radius 2 is 2.03 bits per heavy atom. The summed E-state index contributed by atoms with van der Waals surface area (Å²) in [7, 11) is 0. The third kappa shape index (κ3) is 3.25.